The van der Waals surface area contributed by atoms with Crippen molar-refractivity contribution < 1.29 is 0 Å². The van der Waals surface area contributed by atoms with Crippen LogP contribution in [0.2, 0.25) is 5.02 Å². The molecule has 1 nitrogen and oxygen atoms in total. The molecular formula is C11H9Br3ClN. The fourth-order valence-corrected chi connectivity index (χ4v) is 3.84. The molecule has 1 aliphatic rings. The number of benzene rings is 1. The third kappa shape index (κ3) is 2.14. The van der Waals surface area contributed by atoms with E-state index in [4.69, 9.17) is 11.6 Å². The molecule has 5 heteroatoms. The predicted octanol–water partition coefficient (Wildman–Crippen LogP) is 5.54. The summed E-state index contributed by atoms with van der Waals surface area (Å²) < 4.78 is -0.470. The van der Waals surface area contributed by atoms with Crippen LogP contribution >= 0.6 is 59.4 Å². The molecule has 0 unspecified atom stereocenters. The Hall–Kier alpha value is 0.620. The van der Waals surface area contributed by atoms with Gasteiger partial charge in [0.2, 0.25) is 0 Å². The van der Waals surface area contributed by atoms with Gasteiger partial charge in [-0.1, -0.05) is 73.2 Å². The summed E-state index contributed by atoms with van der Waals surface area (Å²) in [6.45, 7) is 4.26. The number of fused-ring (bicyclic) bond motifs is 1. The van der Waals surface area contributed by atoms with Crippen molar-refractivity contribution in [3.8, 4) is 0 Å². The molecule has 2 rings (SSSR count). The lowest BCUT2D eigenvalue weighted by Crippen LogP contribution is -2.34. The second-order valence-electron chi connectivity index (χ2n) is 4.24. The first-order valence-electron chi connectivity index (χ1n) is 4.69. The molecule has 0 spiro atoms. The van der Waals surface area contributed by atoms with Gasteiger partial charge in [0.1, 0.15) is 0 Å². The topological polar surface area (TPSA) is 12.4 Å². The molecular weight excluding hydrogens is 421 g/mol. The lowest BCUT2D eigenvalue weighted by atomic mass is 9.82. The minimum absolute atomic E-state index is 0.156. The van der Waals surface area contributed by atoms with E-state index in [1.165, 1.54) is 0 Å². The zero-order valence-electron chi connectivity index (χ0n) is 8.69. The monoisotopic (exact) mass is 427 g/mol. The smallest absolute Gasteiger partial charge is 0.173 e. The van der Waals surface area contributed by atoms with Gasteiger partial charge in [-0.25, -0.2) is 0 Å². The Kier molecular flexibility index (Phi) is 3.33. The van der Waals surface area contributed by atoms with Crippen LogP contribution in [0.1, 0.15) is 19.4 Å². The van der Waals surface area contributed by atoms with Gasteiger partial charge in [-0.15, -0.1) is 0 Å². The Balaban J connectivity index is 2.60. The summed E-state index contributed by atoms with van der Waals surface area (Å²) in [7, 11) is 0. The van der Waals surface area contributed by atoms with Crippen LogP contribution in [0.15, 0.2) is 23.2 Å². The highest BCUT2D eigenvalue weighted by Crippen LogP contribution is 2.50. The minimum atomic E-state index is -0.470. The van der Waals surface area contributed by atoms with Gasteiger partial charge in [-0.05, 0) is 23.8 Å². The van der Waals surface area contributed by atoms with Crippen molar-refractivity contribution in [2.45, 2.75) is 21.4 Å². The number of halogens is 4. The molecule has 0 aromatic heterocycles. The predicted molar refractivity (Wildman–Crippen MR) is 81.1 cm³/mol. The van der Waals surface area contributed by atoms with Crippen LogP contribution in [0.25, 0.3) is 0 Å². The van der Waals surface area contributed by atoms with E-state index in [0.717, 1.165) is 22.0 Å². The molecule has 1 heterocycles. The highest BCUT2D eigenvalue weighted by molar-refractivity contribution is 9.40. The summed E-state index contributed by atoms with van der Waals surface area (Å²) >= 11 is 16.6. The van der Waals surface area contributed by atoms with E-state index in [0.29, 0.717) is 0 Å². The van der Waals surface area contributed by atoms with Gasteiger partial charge in [0.05, 0.1) is 11.4 Å². The molecule has 16 heavy (non-hydrogen) atoms. The van der Waals surface area contributed by atoms with Crippen LogP contribution in [0.4, 0.5) is 5.69 Å². The molecule has 0 aliphatic carbocycles. The van der Waals surface area contributed by atoms with Gasteiger partial charge in [0.25, 0.3) is 0 Å². The summed E-state index contributed by atoms with van der Waals surface area (Å²) in [6, 6.07) is 5.79. The van der Waals surface area contributed by atoms with Crippen molar-refractivity contribution >= 4 is 70.8 Å². The van der Waals surface area contributed by atoms with Crippen LogP contribution in [0, 0.1) is 0 Å². The Morgan fingerprint density at radius 3 is 2.44 bits per heavy atom. The standard InChI is InChI=1S/C11H9Br3ClN/c1-10(2)7-5-6(15)3-4-8(7)16-9(10)11(12,13)14/h3-5H,1-2H3. The summed E-state index contributed by atoms with van der Waals surface area (Å²) in [6.07, 6.45) is 0. The Bertz CT molecular complexity index is 475. The SMILES string of the molecule is CC1(C)C(C(Br)(Br)Br)=Nc2ccc(Cl)cc21. The maximum atomic E-state index is 6.03. The maximum absolute atomic E-state index is 6.03. The van der Waals surface area contributed by atoms with E-state index in [9.17, 15) is 0 Å². The molecule has 86 valence electrons. The Labute approximate surface area is 125 Å². The van der Waals surface area contributed by atoms with Crippen LogP contribution in [0.3, 0.4) is 0 Å². The third-order valence-electron chi connectivity index (χ3n) is 2.72. The van der Waals surface area contributed by atoms with Crippen LogP contribution in [-0.4, -0.2) is 7.85 Å². The second kappa shape index (κ2) is 4.08. The van der Waals surface area contributed by atoms with Crippen molar-refractivity contribution in [2.24, 2.45) is 4.99 Å². The zero-order chi connectivity index (χ0) is 12.1. The fourth-order valence-electron chi connectivity index (χ4n) is 1.91. The van der Waals surface area contributed by atoms with Gasteiger partial charge < -0.3 is 0 Å². The molecule has 0 atom stereocenters. The number of aliphatic imine (C=N–C) groups is 1. The van der Waals surface area contributed by atoms with Crippen LogP contribution in [0.5, 0.6) is 0 Å². The van der Waals surface area contributed by atoms with Crippen molar-refractivity contribution in [3.63, 3.8) is 0 Å². The molecule has 0 saturated heterocycles. The molecule has 1 aromatic rings. The number of rotatable bonds is 0. The van der Waals surface area contributed by atoms with Gasteiger partial charge in [0, 0.05) is 10.4 Å². The molecule has 0 fully saturated rings. The highest BCUT2D eigenvalue weighted by Gasteiger charge is 2.44. The average molecular weight is 430 g/mol. The largest absolute Gasteiger partial charge is 0.253 e. The van der Waals surface area contributed by atoms with E-state index in [-0.39, 0.29) is 5.41 Å². The van der Waals surface area contributed by atoms with Crippen molar-refractivity contribution in [1.29, 1.82) is 0 Å². The minimum Gasteiger partial charge on any atom is -0.253 e. The van der Waals surface area contributed by atoms with Crippen LogP contribution < -0.4 is 0 Å². The second-order valence-corrected chi connectivity index (χ2v) is 11.4. The molecule has 0 saturated carbocycles. The van der Waals surface area contributed by atoms with Gasteiger partial charge >= 0.3 is 0 Å². The van der Waals surface area contributed by atoms with Crippen molar-refractivity contribution in [3.05, 3.63) is 28.8 Å². The molecule has 0 radical (unpaired) electrons. The lowest BCUT2D eigenvalue weighted by Gasteiger charge is -2.27. The maximum Gasteiger partial charge on any atom is 0.173 e. The van der Waals surface area contributed by atoms with E-state index in [1.54, 1.807) is 0 Å². The highest BCUT2D eigenvalue weighted by atomic mass is 80.0. The van der Waals surface area contributed by atoms with E-state index >= 15 is 0 Å². The number of nitrogens with zero attached hydrogens (tertiary/aromatic N) is 1. The zero-order valence-corrected chi connectivity index (χ0v) is 14.2. The fraction of sp³-hybridized carbons (Fsp3) is 0.364. The number of alkyl halides is 3. The Morgan fingerprint density at radius 2 is 1.88 bits per heavy atom. The first-order valence-corrected chi connectivity index (χ1v) is 7.45. The Morgan fingerprint density at radius 1 is 1.25 bits per heavy atom. The summed E-state index contributed by atoms with van der Waals surface area (Å²) in [5.74, 6) is 0. The normalized spacial score (nSPS) is 18.2. The molecule has 0 N–H and O–H groups in total. The van der Waals surface area contributed by atoms with Gasteiger partial charge in [-0.2, -0.15) is 0 Å². The van der Waals surface area contributed by atoms with E-state index < -0.39 is 2.14 Å². The van der Waals surface area contributed by atoms with E-state index in [1.807, 2.05) is 18.2 Å². The quantitative estimate of drug-likeness (QED) is 0.479. The van der Waals surface area contributed by atoms with Gasteiger partial charge in [-0.3, -0.25) is 4.99 Å². The summed E-state index contributed by atoms with van der Waals surface area (Å²) in [5.41, 5.74) is 2.96. The molecule has 0 amide bonds. The van der Waals surface area contributed by atoms with E-state index in [2.05, 4.69) is 66.6 Å². The van der Waals surface area contributed by atoms with Crippen molar-refractivity contribution in [2.75, 3.05) is 0 Å². The first kappa shape index (κ1) is 13.1. The van der Waals surface area contributed by atoms with Gasteiger partial charge in [0.15, 0.2) is 2.14 Å². The number of hydrogen-bond donors (Lipinski definition) is 0. The summed E-state index contributed by atoms with van der Waals surface area (Å²) in [5, 5.41) is 0.743. The number of hydrogen-bond acceptors (Lipinski definition) is 1. The van der Waals surface area contributed by atoms with Crippen molar-refractivity contribution in [1.82, 2.24) is 0 Å². The summed E-state index contributed by atoms with van der Waals surface area (Å²) in [4.78, 5) is 4.63. The molecule has 1 aliphatic heterocycles. The van der Waals surface area contributed by atoms with Crippen LogP contribution in [-0.2, 0) is 5.41 Å². The molecule has 0 bridgehead atoms. The first-order chi connectivity index (χ1) is 7.23. The lowest BCUT2D eigenvalue weighted by molar-refractivity contribution is 0.731. The average Bonchev–Trinajstić information content (AvgIpc) is 2.38. The molecule has 1 aromatic carbocycles. The third-order valence-corrected chi connectivity index (χ3v) is 4.09.